The van der Waals surface area contributed by atoms with E-state index in [0.29, 0.717) is 19.0 Å². The second-order valence-corrected chi connectivity index (χ2v) is 10.4. The molecule has 6 heteroatoms. The maximum Gasteiger partial charge on any atom is 0.311 e. The van der Waals surface area contributed by atoms with Crippen LogP contribution in [0.25, 0.3) is 0 Å². The Morgan fingerprint density at radius 2 is 2.03 bits per heavy atom. The van der Waals surface area contributed by atoms with Crippen LogP contribution in [0, 0.1) is 23.2 Å². The Bertz CT molecular complexity index is 827. The molecule has 164 valence electrons. The van der Waals surface area contributed by atoms with Crippen LogP contribution in [0.5, 0.6) is 5.75 Å². The van der Waals surface area contributed by atoms with E-state index in [9.17, 15) is 15.0 Å². The Balaban J connectivity index is 1.29. The zero-order valence-corrected chi connectivity index (χ0v) is 18.1. The van der Waals surface area contributed by atoms with Gasteiger partial charge >= 0.3 is 5.97 Å². The van der Waals surface area contributed by atoms with Crippen LogP contribution in [0.4, 0.5) is 0 Å². The summed E-state index contributed by atoms with van der Waals surface area (Å²) >= 11 is 0. The highest BCUT2D eigenvalue weighted by molar-refractivity contribution is 5.76. The summed E-state index contributed by atoms with van der Waals surface area (Å²) < 4.78 is 12.4. The second-order valence-electron chi connectivity index (χ2n) is 10.4. The lowest BCUT2D eigenvalue weighted by molar-refractivity contribution is -0.146. The van der Waals surface area contributed by atoms with Gasteiger partial charge < -0.3 is 24.6 Å². The normalized spacial score (nSPS) is 42.8. The third-order valence-corrected chi connectivity index (χ3v) is 8.46. The highest BCUT2D eigenvalue weighted by atomic mass is 16.6. The summed E-state index contributed by atoms with van der Waals surface area (Å²) in [6, 6.07) is 6.60. The number of phenols is 1. The van der Waals surface area contributed by atoms with Crippen molar-refractivity contribution < 1.29 is 24.5 Å². The standard InChI is InChI=1S/C24H33NO5/c1-14-5-4-10-23(2)11-19-20(21-24(14,23)30-21)17(22(28)29-19)12-25(3)13-18(27)15-6-8-16(26)9-7-15/h6-9,14,17-21,26-27H,4-5,10-13H2,1-3H3/t14-,17+,18+,19-,20-,21+,23-,24+/m1/s1. The molecule has 0 amide bonds. The molecule has 5 rings (SSSR count). The lowest BCUT2D eigenvalue weighted by atomic mass is 9.53. The van der Waals surface area contributed by atoms with E-state index < -0.39 is 6.10 Å². The summed E-state index contributed by atoms with van der Waals surface area (Å²) in [7, 11) is 1.93. The Hall–Kier alpha value is -1.63. The molecule has 8 atom stereocenters. The highest BCUT2D eigenvalue weighted by Gasteiger charge is 2.78. The van der Waals surface area contributed by atoms with Crippen LogP contribution >= 0.6 is 0 Å². The molecule has 0 bridgehead atoms. The van der Waals surface area contributed by atoms with Crippen LogP contribution in [0.1, 0.15) is 51.2 Å². The lowest BCUT2D eigenvalue weighted by Gasteiger charge is -2.49. The molecular formula is C24H33NO5. The topological polar surface area (TPSA) is 82.5 Å². The summed E-state index contributed by atoms with van der Waals surface area (Å²) in [6.45, 7) is 5.61. The van der Waals surface area contributed by atoms with Crippen LogP contribution in [0.3, 0.4) is 0 Å². The molecule has 6 nitrogen and oxygen atoms in total. The number of ether oxygens (including phenoxy) is 2. The molecule has 4 aliphatic rings. The molecule has 2 aliphatic carbocycles. The molecule has 1 aromatic carbocycles. The number of aliphatic hydroxyl groups is 1. The SMILES string of the molecule is C[C@@H]1CCC[C@]2(C)C[C@H]3OC(=O)[C@@H](CN(C)C[C@H](O)c4ccc(O)cc4)[C@H]3[C@@H]3O[C@@]132. The van der Waals surface area contributed by atoms with E-state index in [1.807, 2.05) is 11.9 Å². The predicted molar refractivity (Wildman–Crippen MR) is 111 cm³/mol. The summed E-state index contributed by atoms with van der Waals surface area (Å²) in [5.41, 5.74) is 0.774. The Kier molecular flexibility index (Phi) is 4.69. The molecule has 0 radical (unpaired) electrons. The molecule has 1 spiro atoms. The van der Waals surface area contributed by atoms with Crippen molar-refractivity contribution in [2.24, 2.45) is 23.2 Å². The smallest absolute Gasteiger partial charge is 0.311 e. The number of fused-ring (bicyclic) bond motifs is 2. The molecule has 0 aromatic heterocycles. The van der Waals surface area contributed by atoms with E-state index >= 15 is 0 Å². The minimum Gasteiger partial charge on any atom is -0.508 e. The Morgan fingerprint density at radius 1 is 1.30 bits per heavy atom. The van der Waals surface area contributed by atoms with E-state index in [0.717, 1.165) is 18.4 Å². The van der Waals surface area contributed by atoms with Crippen molar-refractivity contribution in [3.8, 4) is 5.75 Å². The predicted octanol–water partition coefficient (Wildman–Crippen LogP) is 2.88. The van der Waals surface area contributed by atoms with Gasteiger partial charge in [0.05, 0.1) is 18.1 Å². The molecule has 4 fully saturated rings. The van der Waals surface area contributed by atoms with E-state index in [1.54, 1.807) is 24.3 Å². The first-order valence-corrected chi connectivity index (χ1v) is 11.3. The van der Waals surface area contributed by atoms with Gasteiger partial charge in [0.2, 0.25) is 0 Å². The number of esters is 1. The zero-order valence-electron chi connectivity index (χ0n) is 18.1. The van der Waals surface area contributed by atoms with Crippen molar-refractivity contribution in [1.29, 1.82) is 0 Å². The molecule has 2 saturated carbocycles. The quantitative estimate of drug-likeness (QED) is 0.568. The fourth-order valence-electron chi connectivity index (χ4n) is 6.95. The summed E-state index contributed by atoms with van der Waals surface area (Å²) in [5, 5.41) is 20.0. The fourth-order valence-corrected chi connectivity index (χ4v) is 6.95. The Morgan fingerprint density at radius 3 is 2.77 bits per heavy atom. The van der Waals surface area contributed by atoms with Gasteiger partial charge in [-0.05, 0) is 49.9 Å². The number of epoxide rings is 1. The molecular weight excluding hydrogens is 382 g/mol. The maximum absolute atomic E-state index is 12.8. The molecule has 30 heavy (non-hydrogen) atoms. The number of likely N-dealkylation sites (N-methyl/N-ethyl adjacent to an activating group) is 1. The van der Waals surface area contributed by atoms with Crippen molar-refractivity contribution in [3.05, 3.63) is 29.8 Å². The fraction of sp³-hybridized carbons (Fsp3) is 0.708. The first-order valence-electron chi connectivity index (χ1n) is 11.3. The van der Waals surface area contributed by atoms with Gasteiger partial charge in [0.15, 0.2) is 0 Å². The number of nitrogens with zero attached hydrogens (tertiary/aromatic N) is 1. The van der Waals surface area contributed by atoms with Gasteiger partial charge in [0.1, 0.15) is 17.5 Å². The third-order valence-electron chi connectivity index (χ3n) is 8.46. The number of aromatic hydroxyl groups is 1. The molecule has 2 N–H and O–H groups in total. The maximum atomic E-state index is 12.8. The number of hydrogen-bond acceptors (Lipinski definition) is 6. The van der Waals surface area contributed by atoms with Crippen LogP contribution < -0.4 is 0 Å². The highest BCUT2D eigenvalue weighted by Crippen LogP contribution is 2.70. The van der Waals surface area contributed by atoms with Crippen LogP contribution in [-0.4, -0.2) is 59.0 Å². The van der Waals surface area contributed by atoms with Gasteiger partial charge in [-0.2, -0.15) is 0 Å². The number of phenolic OH excluding ortho intramolecular Hbond substituents is 1. The van der Waals surface area contributed by atoms with Crippen molar-refractivity contribution in [1.82, 2.24) is 4.90 Å². The molecule has 2 heterocycles. The molecule has 1 aromatic rings. The number of rotatable bonds is 5. The average Bonchev–Trinajstić information content (AvgIpc) is 3.37. The van der Waals surface area contributed by atoms with Crippen molar-refractivity contribution in [3.63, 3.8) is 0 Å². The first kappa shape index (κ1) is 20.3. The second kappa shape index (κ2) is 6.94. The summed E-state index contributed by atoms with van der Waals surface area (Å²) in [6.07, 6.45) is 3.86. The largest absolute Gasteiger partial charge is 0.508 e. The average molecular weight is 416 g/mol. The van der Waals surface area contributed by atoms with E-state index in [1.165, 1.54) is 12.8 Å². The van der Waals surface area contributed by atoms with Gasteiger partial charge in [0, 0.05) is 24.4 Å². The van der Waals surface area contributed by atoms with Gasteiger partial charge in [-0.25, -0.2) is 0 Å². The third kappa shape index (κ3) is 2.91. The minimum atomic E-state index is -0.680. The van der Waals surface area contributed by atoms with Gasteiger partial charge in [-0.3, -0.25) is 4.79 Å². The number of hydrogen-bond donors (Lipinski definition) is 2. The van der Waals surface area contributed by atoms with Gasteiger partial charge in [-0.15, -0.1) is 0 Å². The lowest BCUT2D eigenvalue weighted by Crippen LogP contribution is -2.54. The number of carbonyl (C=O) groups excluding carboxylic acids is 1. The van der Waals surface area contributed by atoms with E-state index in [2.05, 4.69) is 13.8 Å². The van der Waals surface area contributed by atoms with Crippen molar-refractivity contribution in [2.75, 3.05) is 20.1 Å². The van der Waals surface area contributed by atoms with Gasteiger partial charge in [-0.1, -0.05) is 32.4 Å². The summed E-state index contributed by atoms with van der Waals surface area (Å²) in [4.78, 5) is 14.8. The number of benzene rings is 1. The number of aliphatic hydroxyl groups excluding tert-OH is 1. The van der Waals surface area contributed by atoms with Crippen molar-refractivity contribution in [2.45, 2.75) is 63.4 Å². The van der Waals surface area contributed by atoms with Crippen molar-refractivity contribution >= 4 is 5.97 Å². The Labute approximate surface area is 178 Å². The zero-order chi connectivity index (χ0) is 21.3. The van der Waals surface area contributed by atoms with E-state index in [4.69, 9.17) is 9.47 Å². The minimum absolute atomic E-state index is 0.0474. The van der Waals surface area contributed by atoms with Crippen LogP contribution in [0.15, 0.2) is 24.3 Å². The molecule has 0 unspecified atom stereocenters. The van der Waals surface area contributed by atoms with E-state index in [-0.39, 0.29) is 46.8 Å². The monoisotopic (exact) mass is 415 g/mol. The van der Waals surface area contributed by atoms with Crippen LogP contribution in [0.2, 0.25) is 0 Å². The molecule has 2 aliphatic heterocycles. The van der Waals surface area contributed by atoms with Crippen LogP contribution in [-0.2, 0) is 14.3 Å². The van der Waals surface area contributed by atoms with Gasteiger partial charge in [0.25, 0.3) is 0 Å². The first-order chi connectivity index (χ1) is 14.2. The molecule has 2 saturated heterocycles. The number of carbonyl (C=O) groups is 1. The summed E-state index contributed by atoms with van der Waals surface area (Å²) in [5.74, 6) is 0.484.